The van der Waals surface area contributed by atoms with Crippen molar-refractivity contribution < 1.29 is 18.7 Å². The lowest BCUT2D eigenvalue weighted by molar-refractivity contribution is -0.135. The van der Waals surface area contributed by atoms with Crippen LogP contribution in [0.25, 0.3) is 11.0 Å². The van der Waals surface area contributed by atoms with Crippen molar-refractivity contribution in [3.63, 3.8) is 0 Å². The normalized spacial score (nSPS) is 20.2. The zero-order valence-electron chi connectivity index (χ0n) is 37.4. The zero-order valence-corrected chi connectivity index (χ0v) is 38.2. The number of imide groups is 1. The van der Waals surface area contributed by atoms with Crippen LogP contribution in [0.5, 0.6) is 5.75 Å². The van der Waals surface area contributed by atoms with Gasteiger partial charge in [-0.15, -0.1) is 0 Å². The highest BCUT2D eigenvalue weighted by Gasteiger charge is 2.39. The number of amides is 2. The minimum absolute atomic E-state index is 0.214. The molecule has 65 heavy (non-hydrogen) atoms. The third-order valence-electron chi connectivity index (χ3n) is 14.7. The predicted octanol–water partition coefficient (Wildman–Crippen LogP) is 7.47. The maximum absolute atomic E-state index is 16.4. The van der Waals surface area contributed by atoms with E-state index in [-0.39, 0.29) is 30.0 Å². The Kier molecular flexibility index (Phi) is 12.5. The molecule has 1 unspecified atom stereocenters. The third kappa shape index (κ3) is 9.36. The highest BCUT2D eigenvalue weighted by Crippen LogP contribution is 2.38. The number of aryl methyl sites for hydroxylation is 1. The molecular formula is C50H57ClFN9O4. The first kappa shape index (κ1) is 44.4. The van der Waals surface area contributed by atoms with Crippen LogP contribution in [0.2, 0.25) is 5.02 Å². The fraction of sp³-hybridized carbons (Fsp3) is 0.480. The lowest BCUT2D eigenvalue weighted by Gasteiger charge is -2.43. The number of hydrogen-bond donors (Lipinski definition) is 1. The van der Waals surface area contributed by atoms with Gasteiger partial charge in [-0.25, -0.2) is 19.2 Å². The largest absolute Gasteiger partial charge is 0.487 e. The lowest BCUT2D eigenvalue weighted by atomic mass is 9.78. The number of fused-ring (bicyclic) bond motifs is 1. The highest BCUT2D eigenvalue weighted by atomic mass is 35.5. The van der Waals surface area contributed by atoms with Gasteiger partial charge in [-0.1, -0.05) is 37.6 Å². The van der Waals surface area contributed by atoms with Crippen LogP contribution in [-0.4, -0.2) is 87.3 Å². The highest BCUT2D eigenvalue weighted by molar-refractivity contribution is 6.30. The summed E-state index contributed by atoms with van der Waals surface area (Å²) in [6.45, 7) is 9.79. The molecule has 0 spiro atoms. The Balaban J connectivity index is 0.720. The van der Waals surface area contributed by atoms with Crippen molar-refractivity contribution in [2.45, 2.75) is 88.9 Å². The summed E-state index contributed by atoms with van der Waals surface area (Å²) in [4.78, 5) is 53.8. The van der Waals surface area contributed by atoms with Crippen molar-refractivity contribution in [3.8, 4) is 11.8 Å². The molecule has 2 aromatic heterocycles. The van der Waals surface area contributed by atoms with Crippen molar-refractivity contribution in [2.75, 3.05) is 55.6 Å². The molecule has 15 heteroatoms. The minimum Gasteiger partial charge on any atom is -0.487 e. The van der Waals surface area contributed by atoms with Gasteiger partial charge in [0.15, 0.2) is 0 Å². The van der Waals surface area contributed by atoms with Gasteiger partial charge in [0.1, 0.15) is 24.1 Å². The smallest absolute Gasteiger partial charge is 0.329 e. The molecule has 1 N–H and O–H groups in total. The van der Waals surface area contributed by atoms with E-state index in [4.69, 9.17) is 21.3 Å². The molecule has 4 aliphatic heterocycles. The molecule has 5 aromatic rings. The summed E-state index contributed by atoms with van der Waals surface area (Å²) in [5.41, 5.74) is 4.00. The van der Waals surface area contributed by atoms with E-state index >= 15 is 4.39 Å². The van der Waals surface area contributed by atoms with E-state index in [0.29, 0.717) is 78.5 Å². The number of imidazole rings is 1. The molecule has 340 valence electrons. The topological polar surface area (TPSA) is 142 Å². The molecule has 4 saturated heterocycles. The Morgan fingerprint density at radius 2 is 1.57 bits per heavy atom. The first-order valence-corrected chi connectivity index (χ1v) is 23.4. The summed E-state index contributed by atoms with van der Waals surface area (Å²) in [6, 6.07) is 22.8. The second kappa shape index (κ2) is 18.2. The molecule has 0 radical (unpaired) electrons. The molecule has 0 saturated carbocycles. The SMILES string of the molecule is Cn1c(=O)n(C2CCC(=O)NC2=O)c2ccc(N3CCC(C4CCN(CC5(F)CCN(c6nccc(COc7ccc(C(C)(C)c8cc(Cl)cc(C#N)c8)cc7)n6)CC5)CC4)CC3)cc21. The molecular weight excluding hydrogens is 845 g/mol. The summed E-state index contributed by atoms with van der Waals surface area (Å²) in [7, 11) is 1.73. The number of hydrogen-bond acceptors (Lipinski definition) is 10. The van der Waals surface area contributed by atoms with E-state index < -0.39 is 17.6 Å². The second-order valence-corrected chi connectivity index (χ2v) is 19.5. The number of nitrogens with zero attached hydrogens (tertiary/aromatic N) is 8. The van der Waals surface area contributed by atoms with Crippen LogP contribution in [0.15, 0.2) is 77.7 Å². The van der Waals surface area contributed by atoms with Gasteiger partial charge in [-0.3, -0.25) is 24.0 Å². The molecule has 9 rings (SSSR count). The summed E-state index contributed by atoms with van der Waals surface area (Å²) < 4.78 is 25.7. The number of carbonyl (C=O) groups excluding carboxylic acids is 2. The standard InChI is InChI=1S/C50H57ClFN9O4/c1-49(2,37-26-33(30-53)27-38(51)28-37)36-4-7-41(8-5-36)65-31-39-12-19-54-47(55-39)60-24-17-50(52,18-25-60)32-58-20-13-34(14-21-58)35-15-22-59(23-16-35)40-6-9-42-44(29-40)57(3)48(64)61(42)43-10-11-45(62)56-46(43)63/h4-9,12,19,26-29,34-35,43H,10-11,13-18,20-25,31-32H2,1-3H3,(H,56,62,63). The van der Waals surface area contributed by atoms with E-state index in [1.165, 1.54) is 4.57 Å². The molecule has 13 nitrogen and oxygen atoms in total. The average molecular weight is 903 g/mol. The zero-order chi connectivity index (χ0) is 45.5. The average Bonchev–Trinajstić information content (AvgIpc) is 3.56. The van der Waals surface area contributed by atoms with Gasteiger partial charge in [-0.2, -0.15) is 5.26 Å². The Morgan fingerprint density at radius 1 is 0.862 bits per heavy atom. The van der Waals surface area contributed by atoms with Crippen LogP contribution in [0.1, 0.15) is 93.6 Å². The molecule has 0 bridgehead atoms. The Morgan fingerprint density at radius 3 is 2.26 bits per heavy atom. The van der Waals surface area contributed by atoms with Gasteiger partial charge < -0.3 is 19.4 Å². The van der Waals surface area contributed by atoms with Crippen LogP contribution >= 0.6 is 11.6 Å². The summed E-state index contributed by atoms with van der Waals surface area (Å²) in [6.07, 6.45) is 7.52. The van der Waals surface area contributed by atoms with Gasteiger partial charge in [0, 0.05) is 81.4 Å². The van der Waals surface area contributed by atoms with Crippen LogP contribution in [0.3, 0.4) is 0 Å². The molecule has 2 amide bonds. The van der Waals surface area contributed by atoms with E-state index in [1.54, 1.807) is 23.9 Å². The number of benzene rings is 3. The number of aromatic nitrogens is 4. The summed E-state index contributed by atoms with van der Waals surface area (Å²) >= 11 is 6.31. The summed E-state index contributed by atoms with van der Waals surface area (Å²) in [5, 5.41) is 12.3. The monoisotopic (exact) mass is 901 g/mol. The van der Waals surface area contributed by atoms with Gasteiger partial charge in [0.2, 0.25) is 17.8 Å². The first-order valence-electron chi connectivity index (χ1n) is 23.0. The van der Waals surface area contributed by atoms with E-state index in [2.05, 4.69) is 51.0 Å². The first-order chi connectivity index (χ1) is 31.3. The number of ether oxygens (including phenoxy) is 1. The maximum atomic E-state index is 16.4. The minimum atomic E-state index is -1.24. The lowest BCUT2D eigenvalue weighted by Crippen LogP contribution is -2.50. The number of nitriles is 1. The molecule has 6 heterocycles. The van der Waals surface area contributed by atoms with Crippen molar-refractivity contribution >= 4 is 46.1 Å². The number of rotatable bonds is 11. The molecule has 4 fully saturated rings. The Labute approximate surface area is 384 Å². The van der Waals surface area contributed by atoms with Gasteiger partial charge >= 0.3 is 5.69 Å². The predicted molar refractivity (Wildman–Crippen MR) is 249 cm³/mol. The molecule has 3 aromatic carbocycles. The van der Waals surface area contributed by atoms with Crippen molar-refractivity contribution in [2.24, 2.45) is 18.9 Å². The van der Waals surface area contributed by atoms with Crippen molar-refractivity contribution in [1.82, 2.24) is 29.3 Å². The van der Waals surface area contributed by atoms with Gasteiger partial charge in [0.05, 0.1) is 28.4 Å². The van der Waals surface area contributed by atoms with Crippen molar-refractivity contribution in [3.05, 3.63) is 111 Å². The fourth-order valence-electron chi connectivity index (χ4n) is 10.6. The van der Waals surface area contributed by atoms with Gasteiger partial charge in [0.25, 0.3) is 0 Å². The fourth-order valence-corrected chi connectivity index (χ4v) is 10.8. The quantitative estimate of drug-likeness (QED) is 0.133. The number of nitrogens with one attached hydrogen (secondary N) is 1. The second-order valence-electron chi connectivity index (χ2n) is 19.1. The Bertz CT molecular complexity index is 2670. The summed E-state index contributed by atoms with van der Waals surface area (Å²) in [5.74, 6) is 1.86. The molecule has 0 aliphatic carbocycles. The van der Waals surface area contributed by atoms with E-state index in [1.807, 2.05) is 54.6 Å². The van der Waals surface area contributed by atoms with Crippen LogP contribution < -0.4 is 25.5 Å². The number of likely N-dealkylation sites (tertiary alicyclic amines) is 1. The van der Waals surface area contributed by atoms with Crippen molar-refractivity contribution in [1.29, 1.82) is 5.26 Å². The maximum Gasteiger partial charge on any atom is 0.329 e. The number of carbonyl (C=O) groups is 2. The molecule has 1 atom stereocenters. The number of piperidine rings is 4. The number of halogens is 2. The van der Waals surface area contributed by atoms with Crippen LogP contribution in [0, 0.1) is 23.2 Å². The van der Waals surface area contributed by atoms with Crippen LogP contribution in [0.4, 0.5) is 16.0 Å². The van der Waals surface area contributed by atoms with E-state index in [0.717, 1.165) is 79.9 Å². The van der Waals surface area contributed by atoms with Crippen LogP contribution in [-0.2, 0) is 28.7 Å². The Hall–Kier alpha value is -5.78. The van der Waals surface area contributed by atoms with E-state index in [9.17, 15) is 19.6 Å². The number of anilines is 2. The molecule has 4 aliphatic rings. The number of alkyl halides is 1. The third-order valence-corrected chi connectivity index (χ3v) is 14.9. The van der Waals surface area contributed by atoms with Gasteiger partial charge in [-0.05, 0) is 123 Å².